The van der Waals surface area contributed by atoms with Gasteiger partial charge in [-0.05, 0) is 49.8 Å². The maximum atomic E-state index is 13.3. The Kier molecular flexibility index (Phi) is 5.97. The highest BCUT2D eigenvalue weighted by Crippen LogP contribution is 2.28. The summed E-state index contributed by atoms with van der Waals surface area (Å²) < 4.78 is 68.8. The zero-order valence-electron chi connectivity index (χ0n) is 15.3. The van der Waals surface area contributed by atoms with Gasteiger partial charge in [0.25, 0.3) is 0 Å². The standard InChI is InChI=1S/C19H21F3N2O3S/c1-23-12-11-16(14-23)24(13-15-5-3-2-4-6-15)28(25,26)18-9-7-17(8-10-18)27-19(20,21)22/h2-10,16H,11-14H2,1H3. The van der Waals surface area contributed by atoms with Crippen molar-refractivity contribution in [2.75, 3.05) is 20.1 Å². The van der Waals surface area contributed by atoms with Gasteiger partial charge >= 0.3 is 6.36 Å². The predicted octanol–water partition coefficient (Wildman–Crippen LogP) is 3.48. The molecule has 1 fully saturated rings. The lowest BCUT2D eigenvalue weighted by atomic mass is 10.2. The van der Waals surface area contributed by atoms with Gasteiger partial charge in [0.1, 0.15) is 5.75 Å². The summed E-state index contributed by atoms with van der Waals surface area (Å²) in [5.74, 6) is -0.457. The van der Waals surface area contributed by atoms with E-state index >= 15 is 0 Å². The number of hydrogen-bond acceptors (Lipinski definition) is 4. The molecular formula is C19H21F3N2O3S. The zero-order chi connectivity index (χ0) is 20.4. The Morgan fingerprint density at radius 1 is 1.11 bits per heavy atom. The van der Waals surface area contributed by atoms with E-state index in [-0.39, 0.29) is 17.5 Å². The van der Waals surface area contributed by atoms with Crippen LogP contribution >= 0.6 is 0 Å². The van der Waals surface area contributed by atoms with Gasteiger partial charge in [-0.15, -0.1) is 13.2 Å². The molecule has 0 aromatic heterocycles. The topological polar surface area (TPSA) is 49.9 Å². The lowest BCUT2D eigenvalue weighted by molar-refractivity contribution is -0.274. The summed E-state index contributed by atoms with van der Waals surface area (Å²) in [6.07, 6.45) is -4.13. The van der Waals surface area contributed by atoms with Crippen molar-refractivity contribution in [2.45, 2.75) is 30.3 Å². The second-order valence-corrected chi connectivity index (χ2v) is 8.65. The van der Waals surface area contributed by atoms with Gasteiger partial charge in [-0.3, -0.25) is 0 Å². The second-order valence-electron chi connectivity index (χ2n) is 6.76. The van der Waals surface area contributed by atoms with E-state index in [0.717, 1.165) is 36.4 Å². The van der Waals surface area contributed by atoms with E-state index in [9.17, 15) is 21.6 Å². The quantitative estimate of drug-likeness (QED) is 0.726. The van der Waals surface area contributed by atoms with Crippen LogP contribution in [0.2, 0.25) is 0 Å². The summed E-state index contributed by atoms with van der Waals surface area (Å²) >= 11 is 0. The molecule has 5 nitrogen and oxygen atoms in total. The van der Waals surface area contributed by atoms with E-state index in [1.54, 1.807) is 0 Å². The molecule has 2 aromatic rings. The monoisotopic (exact) mass is 414 g/mol. The van der Waals surface area contributed by atoms with Crippen molar-refractivity contribution in [3.05, 3.63) is 60.2 Å². The SMILES string of the molecule is CN1CCC(N(Cc2ccccc2)S(=O)(=O)c2ccc(OC(F)(F)F)cc2)C1. The average molecular weight is 414 g/mol. The number of nitrogens with zero attached hydrogens (tertiary/aromatic N) is 2. The third-order valence-corrected chi connectivity index (χ3v) is 6.53. The van der Waals surface area contributed by atoms with Crippen LogP contribution in [0.25, 0.3) is 0 Å². The van der Waals surface area contributed by atoms with Crippen LogP contribution in [0.15, 0.2) is 59.5 Å². The zero-order valence-corrected chi connectivity index (χ0v) is 16.1. The molecule has 0 amide bonds. The van der Waals surface area contributed by atoms with Crippen LogP contribution in [0.1, 0.15) is 12.0 Å². The molecule has 9 heteroatoms. The third-order valence-electron chi connectivity index (χ3n) is 4.62. The van der Waals surface area contributed by atoms with Crippen molar-refractivity contribution < 1.29 is 26.3 Å². The maximum Gasteiger partial charge on any atom is 0.573 e. The maximum absolute atomic E-state index is 13.3. The first-order valence-corrected chi connectivity index (χ1v) is 10.2. The summed E-state index contributed by atoms with van der Waals surface area (Å²) in [5.41, 5.74) is 0.845. The van der Waals surface area contributed by atoms with E-state index in [4.69, 9.17) is 0 Å². The van der Waals surface area contributed by atoms with Crippen molar-refractivity contribution in [1.82, 2.24) is 9.21 Å². The number of likely N-dealkylation sites (N-methyl/N-ethyl adjacent to an activating group) is 1. The van der Waals surface area contributed by atoms with Crippen molar-refractivity contribution >= 4 is 10.0 Å². The van der Waals surface area contributed by atoms with Gasteiger partial charge in [0.05, 0.1) is 4.90 Å². The van der Waals surface area contributed by atoms with Crippen molar-refractivity contribution in [3.8, 4) is 5.75 Å². The van der Waals surface area contributed by atoms with E-state index in [1.807, 2.05) is 37.4 Å². The minimum atomic E-state index is -4.83. The van der Waals surface area contributed by atoms with Gasteiger partial charge < -0.3 is 9.64 Å². The highest BCUT2D eigenvalue weighted by molar-refractivity contribution is 7.89. The van der Waals surface area contributed by atoms with Gasteiger partial charge in [0.2, 0.25) is 10.0 Å². The van der Waals surface area contributed by atoms with E-state index in [0.29, 0.717) is 13.0 Å². The lowest BCUT2D eigenvalue weighted by Crippen LogP contribution is -2.41. The Labute approximate surface area is 162 Å². The molecule has 3 rings (SSSR count). The summed E-state index contributed by atoms with van der Waals surface area (Å²) in [6.45, 7) is 1.58. The summed E-state index contributed by atoms with van der Waals surface area (Å²) in [7, 11) is -1.97. The number of sulfonamides is 1. The Hall–Kier alpha value is -2.10. The van der Waals surface area contributed by atoms with Crippen LogP contribution in [-0.2, 0) is 16.6 Å². The fraction of sp³-hybridized carbons (Fsp3) is 0.368. The normalized spacial score (nSPS) is 18.5. The smallest absolute Gasteiger partial charge is 0.406 e. The molecule has 0 bridgehead atoms. The highest BCUT2D eigenvalue weighted by Gasteiger charge is 2.35. The van der Waals surface area contributed by atoms with Gasteiger partial charge in [0.15, 0.2) is 0 Å². The number of alkyl halides is 3. The van der Waals surface area contributed by atoms with Crippen molar-refractivity contribution in [2.24, 2.45) is 0 Å². The molecule has 0 aliphatic carbocycles. The number of likely N-dealkylation sites (tertiary alicyclic amines) is 1. The van der Waals surface area contributed by atoms with Crippen LogP contribution < -0.4 is 4.74 Å². The molecule has 1 aliphatic rings. The van der Waals surface area contributed by atoms with Gasteiger partial charge in [0, 0.05) is 19.1 Å². The molecule has 1 saturated heterocycles. The summed E-state index contributed by atoms with van der Waals surface area (Å²) in [6, 6.07) is 13.3. The molecule has 0 saturated carbocycles. The summed E-state index contributed by atoms with van der Waals surface area (Å²) in [4.78, 5) is 1.99. The molecule has 28 heavy (non-hydrogen) atoms. The minimum absolute atomic E-state index is 0.0625. The number of halogens is 3. The van der Waals surface area contributed by atoms with Gasteiger partial charge in [-0.2, -0.15) is 4.31 Å². The molecule has 1 aliphatic heterocycles. The first kappa shape index (κ1) is 20.6. The van der Waals surface area contributed by atoms with Crippen molar-refractivity contribution in [3.63, 3.8) is 0 Å². The average Bonchev–Trinajstić information content (AvgIpc) is 3.05. The Balaban J connectivity index is 1.89. The van der Waals surface area contributed by atoms with Gasteiger partial charge in [-0.1, -0.05) is 30.3 Å². The minimum Gasteiger partial charge on any atom is -0.406 e. The molecule has 0 N–H and O–H groups in total. The molecule has 1 unspecified atom stereocenters. The number of ether oxygens (including phenoxy) is 1. The molecule has 0 spiro atoms. The Morgan fingerprint density at radius 3 is 2.29 bits per heavy atom. The third kappa shape index (κ3) is 5.03. The largest absolute Gasteiger partial charge is 0.573 e. The van der Waals surface area contributed by atoms with E-state index in [2.05, 4.69) is 9.64 Å². The number of benzene rings is 2. The first-order valence-electron chi connectivity index (χ1n) is 8.75. The Bertz CT molecular complexity index is 887. The van der Waals surface area contributed by atoms with Crippen molar-refractivity contribution in [1.29, 1.82) is 0 Å². The van der Waals surface area contributed by atoms with Crippen LogP contribution in [-0.4, -0.2) is 50.2 Å². The fourth-order valence-corrected chi connectivity index (χ4v) is 4.90. The molecule has 1 heterocycles. The highest BCUT2D eigenvalue weighted by atomic mass is 32.2. The second kappa shape index (κ2) is 8.10. The predicted molar refractivity (Wildman–Crippen MR) is 98.2 cm³/mol. The van der Waals surface area contributed by atoms with Crippen LogP contribution in [0.3, 0.4) is 0 Å². The van der Waals surface area contributed by atoms with Gasteiger partial charge in [-0.25, -0.2) is 8.42 Å². The van der Waals surface area contributed by atoms with Crippen LogP contribution in [0, 0.1) is 0 Å². The number of rotatable bonds is 6. The molecule has 1 atom stereocenters. The van der Waals surface area contributed by atoms with E-state index in [1.165, 1.54) is 4.31 Å². The first-order chi connectivity index (χ1) is 13.1. The molecule has 152 valence electrons. The summed E-state index contributed by atoms with van der Waals surface area (Å²) in [5, 5.41) is 0. The fourth-order valence-electron chi connectivity index (χ4n) is 3.27. The molecule has 2 aromatic carbocycles. The van der Waals surface area contributed by atoms with Crippen LogP contribution in [0.5, 0.6) is 5.75 Å². The lowest BCUT2D eigenvalue weighted by Gasteiger charge is -2.28. The van der Waals surface area contributed by atoms with Crippen LogP contribution in [0.4, 0.5) is 13.2 Å². The van der Waals surface area contributed by atoms with E-state index < -0.39 is 22.1 Å². The Morgan fingerprint density at radius 2 is 1.75 bits per heavy atom. The number of hydrogen-bond donors (Lipinski definition) is 0. The molecule has 0 radical (unpaired) electrons. The molecular weight excluding hydrogens is 393 g/mol.